The van der Waals surface area contributed by atoms with Crippen LogP contribution in [0.15, 0.2) is 66.7 Å². The Labute approximate surface area is 234 Å². The monoisotopic (exact) mass is 533 g/mol. The standard InChI is InChI=1S/C35H35NS2/c1-20(2)14-32-22(4)26-13-12-24(18-33(26)38-32)28-19-31(36-34-29(28)15-21(3)37-34)25-16-23-10-8-9-11-27(23)30(17-25)35(5,6)7/h8-13,15-20H,14H2,1-7H3. The smallest absolute Gasteiger partial charge is 0.124 e. The fraction of sp³-hybridized carbons (Fsp3) is 0.286. The molecule has 6 rings (SSSR count). The molecule has 0 aliphatic heterocycles. The maximum atomic E-state index is 5.22. The van der Waals surface area contributed by atoms with Gasteiger partial charge in [0.25, 0.3) is 0 Å². The van der Waals surface area contributed by atoms with Crippen LogP contribution in [-0.2, 0) is 11.8 Å². The van der Waals surface area contributed by atoms with E-state index in [-0.39, 0.29) is 5.41 Å². The molecule has 0 fully saturated rings. The number of benzene rings is 3. The fourth-order valence-electron chi connectivity index (χ4n) is 5.61. The van der Waals surface area contributed by atoms with Gasteiger partial charge < -0.3 is 0 Å². The highest BCUT2D eigenvalue weighted by Gasteiger charge is 2.20. The number of fused-ring (bicyclic) bond motifs is 3. The van der Waals surface area contributed by atoms with Gasteiger partial charge in [-0.1, -0.05) is 71.0 Å². The van der Waals surface area contributed by atoms with E-state index in [2.05, 4.69) is 115 Å². The van der Waals surface area contributed by atoms with Crippen molar-refractivity contribution in [3.05, 3.63) is 87.6 Å². The van der Waals surface area contributed by atoms with Gasteiger partial charge in [0.05, 0.1) is 5.69 Å². The molecular formula is C35H35NS2. The molecule has 192 valence electrons. The molecule has 3 heteroatoms. The molecule has 3 aromatic carbocycles. The molecule has 3 aromatic heterocycles. The Kier molecular flexibility index (Phi) is 6.20. The zero-order valence-electron chi connectivity index (χ0n) is 23.4. The van der Waals surface area contributed by atoms with Crippen molar-refractivity contribution in [1.82, 2.24) is 4.98 Å². The minimum atomic E-state index is 0.0395. The van der Waals surface area contributed by atoms with Crippen molar-refractivity contribution in [3.8, 4) is 22.4 Å². The van der Waals surface area contributed by atoms with Crippen molar-refractivity contribution in [2.75, 3.05) is 0 Å². The summed E-state index contributed by atoms with van der Waals surface area (Å²) >= 11 is 3.76. The summed E-state index contributed by atoms with van der Waals surface area (Å²) in [5, 5.41) is 5.25. The Morgan fingerprint density at radius 2 is 1.58 bits per heavy atom. The molecule has 0 aliphatic rings. The first kappa shape index (κ1) is 25.3. The highest BCUT2D eigenvalue weighted by atomic mass is 32.1. The normalized spacial score (nSPS) is 12.4. The van der Waals surface area contributed by atoms with Crippen molar-refractivity contribution in [2.45, 2.75) is 60.3 Å². The first-order valence-corrected chi connectivity index (χ1v) is 15.2. The molecule has 0 bridgehead atoms. The van der Waals surface area contributed by atoms with Crippen LogP contribution in [0.1, 0.15) is 55.5 Å². The van der Waals surface area contributed by atoms with E-state index in [0.29, 0.717) is 5.92 Å². The van der Waals surface area contributed by atoms with Crippen LogP contribution in [0.5, 0.6) is 0 Å². The molecule has 0 radical (unpaired) electrons. The van der Waals surface area contributed by atoms with Crippen molar-refractivity contribution in [1.29, 1.82) is 0 Å². The Hall–Kier alpha value is -3.01. The van der Waals surface area contributed by atoms with Crippen LogP contribution in [0.3, 0.4) is 0 Å². The molecule has 0 atom stereocenters. The van der Waals surface area contributed by atoms with E-state index < -0.39 is 0 Å². The minimum Gasteiger partial charge on any atom is -0.237 e. The molecular weight excluding hydrogens is 499 g/mol. The van der Waals surface area contributed by atoms with Gasteiger partial charge in [-0.05, 0) is 100 Å². The van der Waals surface area contributed by atoms with Crippen molar-refractivity contribution in [2.24, 2.45) is 5.92 Å². The molecule has 0 N–H and O–H groups in total. The predicted octanol–water partition coefficient (Wildman–Crippen LogP) is 11.1. The third-order valence-electron chi connectivity index (χ3n) is 7.54. The van der Waals surface area contributed by atoms with Crippen LogP contribution < -0.4 is 0 Å². The van der Waals surface area contributed by atoms with Crippen LogP contribution in [0.4, 0.5) is 0 Å². The second-order valence-corrected chi connectivity index (χ2v) is 14.5. The van der Waals surface area contributed by atoms with Gasteiger partial charge in [-0.25, -0.2) is 4.98 Å². The number of nitrogens with zero attached hydrogens (tertiary/aromatic N) is 1. The highest BCUT2D eigenvalue weighted by Crippen LogP contribution is 2.41. The van der Waals surface area contributed by atoms with Crippen molar-refractivity contribution in [3.63, 3.8) is 0 Å². The Morgan fingerprint density at radius 1 is 0.789 bits per heavy atom. The summed E-state index contributed by atoms with van der Waals surface area (Å²) in [4.78, 5) is 9.15. The summed E-state index contributed by atoms with van der Waals surface area (Å²) in [6.07, 6.45) is 1.14. The molecule has 38 heavy (non-hydrogen) atoms. The summed E-state index contributed by atoms with van der Waals surface area (Å²) in [6, 6.07) is 25.1. The molecule has 0 spiro atoms. The highest BCUT2D eigenvalue weighted by molar-refractivity contribution is 7.19. The lowest BCUT2D eigenvalue weighted by molar-refractivity contribution is 0.596. The Morgan fingerprint density at radius 3 is 2.34 bits per heavy atom. The van der Waals surface area contributed by atoms with E-state index in [1.165, 1.54) is 63.8 Å². The number of rotatable bonds is 4. The molecule has 6 aromatic rings. The van der Waals surface area contributed by atoms with E-state index >= 15 is 0 Å². The lowest BCUT2D eigenvalue weighted by atomic mass is 9.82. The lowest BCUT2D eigenvalue weighted by Crippen LogP contribution is -2.12. The zero-order valence-corrected chi connectivity index (χ0v) is 25.0. The quantitative estimate of drug-likeness (QED) is 0.220. The lowest BCUT2D eigenvalue weighted by Gasteiger charge is -2.23. The topological polar surface area (TPSA) is 12.9 Å². The summed E-state index contributed by atoms with van der Waals surface area (Å²) < 4.78 is 1.38. The average Bonchev–Trinajstić information content (AvgIpc) is 3.39. The molecule has 0 amide bonds. The second kappa shape index (κ2) is 9.32. The van der Waals surface area contributed by atoms with Crippen LogP contribution >= 0.6 is 22.7 Å². The van der Waals surface area contributed by atoms with Gasteiger partial charge in [0, 0.05) is 25.4 Å². The van der Waals surface area contributed by atoms with Crippen molar-refractivity contribution >= 4 is 53.7 Å². The van der Waals surface area contributed by atoms with E-state index in [1.54, 1.807) is 11.3 Å². The summed E-state index contributed by atoms with van der Waals surface area (Å²) in [7, 11) is 0. The molecule has 0 saturated heterocycles. The largest absolute Gasteiger partial charge is 0.237 e. The van der Waals surface area contributed by atoms with E-state index in [0.717, 1.165) is 16.9 Å². The first-order chi connectivity index (χ1) is 18.1. The van der Waals surface area contributed by atoms with Gasteiger partial charge in [0.15, 0.2) is 0 Å². The van der Waals surface area contributed by atoms with Gasteiger partial charge in [0.1, 0.15) is 4.83 Å². The predicted molar refractivity (Wildman–Crippen MR) is 170 cm³/mol. The average molecular weight is 534 g/mol. The number of thiophene rings is 2. The van der Waals surface area contributed by atoms with Gasteiger partial charge >= 0.3 is 0 Å². The third kappa shape index (κ3) is 4.46. The van der Waals surface area contributed by atoms with Crippen molar-refractivity contribution < 1.29 is 0 Å². The molecule has 3 heterocycles. The zero-order chi connectivity index (χ0) is 26.8. The van der Waals surface area contributed by atoms with E-state index in [1.807, 2.05) is 11.3 Å². The van der Waals surface area contributed by atoms with E-state index in [9.17, 15) is 0 Å². The number of aromatic nitrogens is 1. The fourth-order valence-corrected chi connectivity index (χ4v) is 7.98. The maximum absolute atomic E-state index is 5.22. The van der Waals surface area contributed by atoms with Crippen LogP contribution in [-0.4, -0.2) is 4.98 Å². The van der Waals surface area contributed by atoms with Crippen LogP contribution in [0, 0.1) is 19.8 Å². The van der Waals surface area contributed by atoms with Gasteiger partial charge in [0.2, 0.25) is 0 Å². The van der Waals surface area contributed by atoms with Gasteiger partial charge in [-0.2, -0.15) is 0 Å². The molecule has 0 aliphatic carbocycles. The van der Waals surface area contributed by atoms with Crippen LogP contribution in [0.25, 0.3) is 53.5 Å². The first-order valence-electron chi connectivity index (χ1n) is 13.6. The van der Waals surface area contributed by atoms with E-state index in [4.69, 9.17) is 4.98 Å². The molecule has 1 nitrogen and oxygen atoms in total. The number of pyridine rings is 1. The maximum Gasteiger partial charge on any atom is 0.124 e. The molecule has 0 saturated carbocycles. The third-order valence-corrected chi connectivity index (χ3v) is 9.76. The number of hydrogen-bond donors (Lipinski definition) is 0. The SMILES string of the molecule is Cc1cc2c(-c3ccc4c(C)c(CC(C)C)sc4c3)cc(-c3cc(C(C)(C)C)c4ccccc4c3)nc2s1. The Bertz CT molecular complexity index is 1820. The summed E-state index contributed by atoms with van der Waals surface area (Å²) in [6.45, 7) is 16.0. The second-order valence-electron chi connectivity index (χ2n) is 12.1. The van der Waals surface area contributed by atoms with Gasteiger partial charge in [-0.3, -0.25) is 0 Å². The molecule has 0 unspecified atom stereocenters. The summed E-state index contributed by atoms with van der Waals surface area (Å²) in [5.41, 5.74) is 7.64. The summed E-state index contributed by atoms with van der Waals surface area (Å²) in [5.74, 6) is 0.664. The Balaban J connectivity index is 1.57. The number of aryl methyl sites for hydroxylation is 2. The van der Waals surface area contributed by atoms with Crippen LogP contribution in [0.2, 0.25) is 0 Å². The number of hydrogen-bond acceptors (Lipinski definition) is 3. The minimum absolute atomic E-state index is 0.0395. The van der Waals surface area contributed by atoms with Gasteiger partial charge in [-0.15, -0.1) is 22.7 Å².